The smallest absolute Gasteiger partial charge is 0.241 e. The third-order valence-electron chi connectivity index (χ3n) is 4.73. The Hall–Kier alpha value is -1.64. The van der Waals surface area contributed by atoms with Crippen LogP contribution in [-0.4, -0.2) is 24.0 Å². The van der Waals surface area contributed by atoms with E-state index in [4.69, 9.17) is 4.52 Å². The van der Waals surface area contributed by atoms with Crippen molar-refractivity contribution in [1.29, 1.82) is 0 Å². The van der Waals surface area contributed by atoms with Crippen LogP contribution in [0.3, 0.4) is 0 Å². The molecule has 0 amide bonds. The van der Waals surface area contributed by atoms with E-state index in [0.717, 1.165) is 39.9 Å². The Bertz CT molecular complexity index is 993. The van der Waals surface area contributed by atoms with Gasteiger partial charge in [0.25, 0.3) is 0 Å². The molecule has 0 radical (unpaired) electrons. The molecule has 8 heteroatoms. The average Bonchev–Trinajstić information content (AvgIpc) is 3.13. The second-order valence-corrected chi connectivity index (χ2v) is 9.84. The minimum Gasteiger partial charge on any atom is -0.364 e. The topological polar surface area (TPSA) is 75.4 Å². The Morgan fingerprint density at radius 3 is 2.77 bits per heavy atom. The van der Waals surface area contributed by atoms with E-state index in [2.05, 4.69) is 30.7 Å². The Balaban J connectivity index is 1.59. The largest absolute Gasteiger partial charge is 0.364 e. The summed E-state index contributed by atoms with van der Waals surface area (Å²) in [6.07, 6.45) is 3.77. The van der Waals surface area contributed by atoms with Crippen molar-refractivity contribution in [1.82, 2.24) is 14.8 Å². The predicted octanol–water partition coefficient (Wildman–Crippen LogP) is 3.52. The first-order valence-corrected chi connectivity index (χ1v) is 10.7. The van der Waals surface area contributed by atoms with Crippen molar-refractivity contribution >= 4 is 30.4 Å². The van der Waals surface area contributed by atoms with Gasteiger partial charge in [-0.3, -0.25) is 0 Å². The van der Waals surface area contributed by atoms with Gasteiger partial charge in [0.05, 0.1) is 17.1 Å². The number of benzene rings is 1. The number of aromatic nitrogens is 1. The molecule has 138 valence electrons. The fraction of sp³-hybridized carbons (Fsp3) is 0.389. The Morgan fingerprint density at radius 2 is 2.12 bits per heavy atom. The summed E-state index contributed by atoms with van der Waals surface area (Å²) in [5.41, 5.74) is 2.52. The number of hydrogen-bond acceptors (Lipinski definition) is 5. The molecule has 1 N–H and O–H groups in total. The molecular formula is C18H20BrN3O3S. The maximum Gasteiger partial charge on any atom is 0.241 e. The van der Waals surface area contributed by atoms with Gasteiger partial charge in [0.2, 0.25) is 10.0 Å². The fourth-order valence-electron chi connectivity index (χ4n) is 3.06. The molecule has 1 aromatic carbocycles. The third kappa shape index (κ3) is 3.58. The van der Waals surface area contributed by atoms with E-state index in [9.17, 15) is 8.42 Å². The monoisotopic (exact) mass is 437 g/mol. The summed E-state index contributed by atoms with van der Waals surface area (Å²) < 4.78 is 34.3. The molecule has 2 aromatic rings. The van der Waals surface area contributed by atoms with Gasteiger partial charge in [-0.05, 0) is 65.9 Å². The predicted molar refractivity (Wildman–Crippen MR) is 102 cm³/mol. The summed E-state index contributed by atoms with van der Waals surface area (Å²) in [5.74, 6) is 0.773. The van der Waals surface area contributed by atoms with E-state index in [1.165, 1.54) is 0 Å². The van der Waals surface area contributed by atoms with E-state index in [1.807, 2.05) is 32.2 Å². The van der Waals surface area contributed by atoms with Crippen LogP contribution in [0.4, 0.5) is 0 Å². The summed E-state index contributed by atoms with van der Waals surface area (Å²) in [4.78, 5) is 2.38. The summed E-state index contributed by atoms with van der Waals surface area (Å²) >= 11 is 3.59. The molecular weight excluding hydrogens is 418 g/mol. The second kappa shape index (κ2) is 6.21. The number of rotatable bonds is 5. The van der Waals surface area contributed by atoms with Crippen molar-refractivity contribution in [3.05, 3.63) is 53.0 Å². The third-order valence-corrected chi connectivity index (χ3v) is 7.00. The fourth-order valence-corrected chi connectivity index (χ4v) is 5.25. The summed E-state index contributed by atoms with van der Waals surface area (Å²) in [6, 6.07) is 7.18. The lowest BCUT2D eigenvalue weighted by Gasteiger charge is -2.26. The van der Waals surface area contributed by atoms with Crippen LogP contribution in [0.2, 0.25) is 0 Å². The first kappa shape index (κ1) is 17.8. The molecule has 1 fully saturated rings. The molecule has 1 aliphatic carbocycles. The molecule has 26 heavy (non-hydrogen) atoms. The highest BCUT2D eigenvalue weighted by Gasteiger charge is 2.41. The lowest BCUT2D eigenvalue weighted by Crippen LogP contribution is -2.34. The van der Waals surface area contributed by atoms with Crippen LogP contribution in [0.15, 0.2) is 39.9 Å². The van der Waals surface area contributed by atoms with Gasteiger partial charge in [0.1, 0.15) is 0 Å². The first-order valence-electron chi connectivity index (χ1n) is 8.45. The molecule has 0 spiro atoms. The van der Waals surface area contributed by atoms with Gasteiger partial charge in [-0.2, -0.15) is 0 Å². The molecule has 0 atom stereocenters. The van der Waals surface area contributed by atoms with Crippen molar-refractivity contribution < 1.29 is 12.9 Å². The quantitative estimate of drug-likeness (QED) is 0.773. The van der Waals surface area contributed by atoms with E-state index in [-0.39, 0.29) is 5.54 Å². The van der Waals surface area contributed by atoms with Crippen LogP contribution in [0.5, 0.6) is 0 Å². The van der Waals surface area contributed by atoms with Gasteiger partial charge in [-0.25, -0.2) is 13.1 Å². The molecule has 1 aliphatic heterocycles. The zero-order chi connectivity index (χ0) is 18.5. The maximum absolute atomic E-state index is 12.7. The van der Waals surface area contributed by atoms with Gasteiger partial charge in [-0.1, -0.05) is 11.2 Å². The van der Waals surface area contributed by atoms with Crippen LogP contribution in [-0.2, 0) is 23.1 Å². The van der Waals surface area contributed by atoms with Crippen LogP contribution < -0.4 is 4.72 Å². The summed E-state index contributed by atoms with van der Waals surface area (Å²) in [7, 11) is -3.51. The van der Waals surface area contributed by atoms with Crippen molar-refractivity contribution in [2.45, 2.75) is 50.2 Å². The van der Waals surface area contributed by atoms with Gasteiger partial charge >= 0.3 is 0 Å². The molecule has 0 unspecified atom stereocenters. The Kier molecular flexibility index (Phi) is 4.24. The minimum absolute atomic E-state index is 0.286. The summed E-state index contributed by atoms with van der Waals surface area (Å²) in [5, 5.41) is 3.91. The molecule has 4 rings (SSSR count). The number of nitrogens with one attached hydrogen (secondary N) is 1. The highest BCUT2D eigenvalue weighted by atomic mass is 79.9. The van der Waals surface area contributed by atoms with Crippen molar-refractivity contribution in [3.8, 4) is 0 Å². The molecule has 1 aromatic heterocycles. The standard InChI is InChI=1S/C18H20BrN3O3S/c1-12-7-14(25-20-12)10-22-9-13-8-15(3-4-16(13)17(19)11-22)26(23,24)21-18(2)5-6-18/h3-4,7-8,11,21H,5-6,9-10H2,1-2H3. The van der Waals surface area contributed by atoms with E-state index in [0.29, 0.717) is 18.0 Å². The number of hydrogen-bond donors (Lipinski definition) is 1. The molecule has 6 nitrogen and oxygen atoms in total. The number of halogens is 1. The summed E-state index contributed by atoms with van der Waals surface area (Å²) in [6.45, 7) is 4.99. The molecule has 2 aliphatic rings. The van der Waals surface area contributed by atoms with E-state index in [1.54, 1.807) is 12.1 Å². The molecule has 0 saturated heterocycles. The van der Waals surface area contributed by atoms with E-state index < -0.39 is 10.0 Å². The van der Waals surface area contributed by atoms with Crippen LogP contribution in [0.1, 0.15) is 42.3 Å². The number of nitrogens with zero attached hydrogens (tertiary/aromatic N) is 2. The van der Waals surface area contributed by atoms with Gasteiger partial charge in [0.15, 0.2) is 5.76 Å². The maximum atomic E-state index is 12.7. The SMILES string of the molecule is Cc1cc(CN2C=C(Br)c3ccc(S(=O)(=O)NC4(C)CC4)cc3C2)on1. The molecule has 0 bridgehead atoms. The van der Waals surface area contributed by atoms with Gasteiger partial charge in [0, 0.05) is 28.8 Å². The number of sulfonamides is 1. The minimum atomic E-state index is -3.51. The van der Waals surface area contributed by atoms with Gasteiger partial charge < -0.3 is 9.42 Å². The molecule has 2 heterocycles. The van der Waals surface area contributed by atoms with Crippen molar-refractivity contribution in [2.75, 3.05) is 0 Å². The Labute approximate surface area is 161 Å². The normalized spacial score (nSPS) is 18.4. The molecule has 1 saturated carbocycles. The second-order valence-electron chi connectivity index (χ2n) is 7.30. The highest BCUT2D eigenvalue weighted by molar-refractivity contribution is 9.15. The van der Waals surface area contributed by atoms with Gasteiger partial charge in [-0.15, -0.1) is 0 Å². The first-order chi connectivity index (χ1) is 12.2. The number of fused-ring (bicyclic) bond motifs is 1. The Morgan fingerprint density at radius 1 is 1.35 bits per heavy atom. The zero-order valence-corrected chi connectivity index (χ0v) is 17.0. The van der Waals surface area contributed by atoms with E-state index >= 15 is 0 Å². The van der Waals surface area contributed by atoms with Crippen LogP contribution in [0.25, 0.3) is 4.48 Å². The zero-order valence-electron chi connectivity index (χ0n) is 14.6. The van der Waals surface area contributed by atoms with Crippen molar-refractivity contribution in [2.24, 2.45) is 0 Å². The average molecular weight is 438 g/mol. The lowest BCUT2D eigenvalue weighted by atomic mass is 10.0. The lowest BCUT2D eigenvalue weighted by molar-refractivity contribution is 0.290. The number of aryl methyl sites for hydroxylation is 1. The van der Waals surface area contributed by atoms with Crippen LogP contribution >= 0.6 is 15.9 Å². The van der Waals surface area contributed by atoms with Crippen molar-refractivity contribution in [3.63, 3.8) is 0 Å². The van der Waals surface area contributed by atoms with Crippen LogP contribution in [0, 0.1) is 6.92 Å². The highest BCUT2D eigenvalue weighted by Crippen LogP contribution is 2.37.